The third-order valence-electron chi connectivity index (χ3n) is 5.56. The first kappa shape index (κ1) is 18.4. The summed E-state index contributed by atoms with van der Waals surface area (Å²) in [6.07, 6.45) is 7.94. The summed E-state index contributed by atoms with van der Waals surface area (Å²) in [7, 11) is 0. The molecule has 0 radical (unpaired) electrons. The first-order valence-electron chi connectivity index (χ1n) is 9.93. The Balaban J connectivity index is 1.60. The zero-order chi connectivity index (χ0) is 19.5. The molecular weight excluding hydrogens is 354 g/mol. The minimum Gasteiger partial charge on any atom is -0.355 e. The van der Waals surface area contributed by atoms with E-state index in [-0.39, 0.29) is 11.1 Å². The molecule has 28 heavy (non-hydrogen) atoms. The molecule has 1 saturated carbocycles. The van der Waals surface area contributed by atoms with Crippen LogP contribution in [0.5, 0.6) is 0 Å². The van der Waals surface area contributed by atoms with Crippen LogP contribution in [0.15, 0.2) is 46.1 Å². The third-order valence-corrected chi connectivity index (χ3v) is 5.56. The van der Waals surface area contributed by atoms with Crippen molar-refractivity contribution in [1.29, 1.82) is 0 Å². The summed E-state index contributed by atoms with van der Waals surface area (Å²) in [5.74, 6) is 1.07. The Morgan fingerprint density at radius 3 is 2.82 bits per heavy atom. The Morgan fingerprint density at radius 2 is 2.00 bits per heavy atom. The predicted octanol–water partition coefficient (Wildman–Crippen LogP) is 3.08. The van der Waals surface area contributed by atoms with Gasteiger partial charge in [0.1, 0.15) is 0 Å². The van der Waals surface area contributed by atoms with E-state index in [0.717, 1.165) is 11.9 Å². The van der Waals surface area contributed by atoms with E-state index in [9.17, 15) is 9.59 Å². The lowest BCUT2D eigenvalue weighted by Crippen LogP contribution is -2.28. The van der Waals surface area contributed by atoms with Crippen LogP contribution in [-0.2, 0) is 0 Å². The van der Waals surface area contributed by atoms with Crippen LogP contribution in [0.3, 0.4) is 0 Å². The fraction of sp³-hybridized carbons (Fsp3) is 0.429. The topological polar surface area (TPSA) is 92.7 Å². The van der Waals surface area contributed by atoms with Gasteiger partial charge in [-0.1, -0.05) is 37.5 Å². The number of hydrogen-bond acceptors (Lipinski definition) is 5. The lowest BCUT2D eigenvalue weighted by atomic mass is 9.89. The number of rotatable bonds is 5. The number of benzene rings is 1. The maximum absolute atomic E-state index is 12.8. The van der Waals surface area contributed by atoms with Crippen molar-refractivity contribution in [2.45, 2.75) is 45.1 Å². The summed E-state index contributed by atoms with van der Waals surface area (Å²) in [6, 6.07) is 8.33. The molecule has 2 aromatic heterocycles. The Morgan fingerprint density at radius 1 is 1.21 bits per heavy atom. The maximum atomic E-state index is 12.8. The zero-order valence-electron chi connectivity index (χ0n) is 16.0. The van der Waals surface area contributed by atoms with Gasteiger partial charge < -0.3 is 5.32 Å². The van der Waals surface area contributed by atoms with Crippen LogP contribution in [0.4, 0.5) is 5.95 Å². The second-order valence-corrected chi connectivity index (χ2v) is 7.56. The second kappa shape index (κ2) is 7.96. The van der Waals surface area contributed by atoms with Crippen LogP contribution in [0.1, 0.15) is 50.8 Å². The molecular formula is C21H25N5O2. The predicted molar refractivity (Wildman–Crippen MR) is 110 cm³/mol. The monoisotopic (exact) mass is 379 g/mol. The van der Waals surface area contributed by atoms with Gasteiger partial charge in [-0.15, -0.1) is 0 Å². The molecule has 146 valence electrons. The number of nitrogens with one attached hydrogen (secondary N) is 2. The summed E-state index contributed by atoms with van der Waals surface area (Å²) in [6.45, 7) is 2.63. The molecule has 4 rings (SSSR count). The van der Waals surface area contributed by atoms with Gasteiger partial charge in [0, 0.05) is 18.0 Å². The van der Waals surface area contributed by atoms with Crippen molar-refractivity contribution in [1.82, 2.24) is 19.7 Å². The van der Waals surface area contributed by atoms with Gasteiger partial charge in [0.2, 0.25) is 5.95 Å². The molecule has 0 amide bonds. The minimum atomic E-state index is -0.449. The summed E-state index contributed by atoms with van der Waals surface area (Å²) in [5, 5.41) is 8.96. The van der Waals surface area contributed by atoms with E-state index >= 15 is 0 Å². The number of anilines is 1. The van der Waals surface area contributed by atoms with Crippen molar-refractivity contribution in [3.8, 4) is 0 Å². The van der Waals surface area contributed by atoms with Gasteiger partial charge in [-0.3, -0.25) is 14.6 Å². The van der Waals surface area contributed by atoms with Gasteiger partial charge in [-0.05, 0) is 31.7 Å². The summed E-state index contributed by atoms with van der Waals surface area (Å²) >= 11 is 0. The number of aromatic nitrogens is 4. The molecule has 2 N–H and O–H groups in total. The summed E-state index contributed by atoms with van der Waals surface area (Å²) in [5.41, 5.74) is 0.0843. The molecule has 3 aromatic rings. The largest absolute Gasteiger partial charge is 0.355 e. The third kappa shape index (κ3) is 3.83. The molecule has 0 unspecified atom stereocenters. The smallest absolute Gasteiger partial charge is 0.275 e. The molecule has 1 fully saturated rings. The minimum absolute atomic E-state index is 0.190. The highest BCUT2D eigenvalue weighted by Crippen LogP contribution is 2.23. The van der Waals surface area contributed by atoms with Crippen molar-refractivity contribution in [2.75, 3.05) is 11.9 Å². The molecule has 1 atom stereocenters. The average molecular weight is 379 g/mol. The molecule has 1 aliphatic rings. The maximum Gasteiger partial charge on any atom is 0.275 e. The van der Waals surface area contributed by atoms with Crippen molar-refractivity contribution in [3.63, 3.8) is 0 Å². The Kier molecular flexibility index (Phi) is 5.23. The Bertz CT molecular complexity index is 1080. The van der Waals surface area contributed by atoms with E-state index in [4.69, 9.17) is 0 Å². The summed E-state index contributed by atoms with van der Waals surface area (Å²) < 4.78 is 1.38. The van der Waals surface area contributed by atoms with Crippen LogP contribution >= 0.6 is 0 Å². The molecule has 0 saturated heterocycles. The van der Waals surface area contributed by atoms with Crippen LogP contribution < -0.4 is 16.4 Å². The SMILES string of the molecule is C[C@H](c1cc(=O)[nH]c(NCC2CCCCC2)n1)n1ncc2ccccc2c1=O. The van der Waals surface area contributed by atoms with Gasteiger partial charge in [0.15, 0.2) is 0 Å². The van der Waals surface area contributed by atoms with Crippen LogP contribution in [-0.4, -0.2) is 26.3 Å². The van der Waals surface area contributed by atoms with Crippen LogP contribution in [0.2, 0.25) is 0 Å². The highest BCUT2D eigenvalue weighted by atomic mass is 16.1. The average Bonchev–Trinajstić information content (AvgIpc) is 2.73. The van der Waals surface area contributed by atoms with Crippen molar-refractivity contribution >= 4 is 16.7 Å². The normalized spacial score (nSPS) is 16.2. The molecule has 7 nitrogen and oxygen atoms in total. The first-order valence-corrected chi connectivity index (χ1v) is 9.93. The Hall–Kier alpha value is -2.96. The number of fused-ring (bicyclic) bond motifs is 1. The highest BCUT2D eigenvalue weighted by molar-refractivity contribution is 5.80. The van der Waals surface area contributed by atoms with E-state index in [0.29, 0.717) is 22.9 Å². The van der Waals surface area contributed by atoms with Gasteiger partial charge in [-0.25, -0.2) is 9.67 Å². The molecule has 1 aliphatic carbocycles. The second-order valence-electron chi connectivity index (χ2n) is 7.56. The zero-order valence-corrected chi connectivity index (χ0v) is 16.0. The summed E-state index contributed by atoms with van der Waals surface area (Å²) in [4.78, 5) is 32.3. The molecule has 7 heteroatoms. The van der Waals surface area contributed by atoms with Gasteiger partial charge in [0.05, 0.1) is 23.3 Å². The number of nitrogens with zero attached hydrogens (tertiary/aromatic N) is 3. The molecule has 0 bridgehead atoms. The van der Waals surface area contributed by atoms with Gasteiger partial charge in [-0.2, -0.15) is 5.10 Å². The van der Waals surface area contributed by atoms with E-state index < -0.39 is 6.04 Å². The standard InChI is InChI=1S/C21H25N5O2/c1-14(26-20(28)17-10-6-5-9-16(17)13-23-26)18-11-19(27)25-21(24-18)22-12-15-7-3-2-4-8-15/h5-6,9-11,13-15H,2-4,7-8,12H2,1H3,(H2,22,24,25,27)/t14-/m1/s1. The van der Waals surface area contributed by atoms with Crippen LogP contribution in [0, 0.1) is 5.92 Å². The lowest BCUT2D eigenvalue weighted by molar-refractivity contribution is 0.373. The van der Waals surface area contributed by atoms with Crippen molar-refractivity contribution in [2.24, 2.45) is 5.92 Å². The molecule has 2 heterocycles. The van der Waals surface area contributed by atoms with Crippen LogP contribution in [0.25, 0.3) is 10.8 Å². The fourth-order valence-corrected chi connectivity index (χ4v) is 3.91. The van der Waals surface area contributed by atoms with E-state index in [1.54, 1.807) is 12.3 Å². The van der Waals surface area contributed by atoms with E-state index in [1.807, 2.05) is 25.1 Å². The molecule has 0 aliphatic heterocycles. The first-order chi connectivity index (χ1) is 13.6. The van der Waals surface area contributed by atoms with Gasteiger partial charge >= 0.3 is 0 Å². The molecule has 0 spiro atoms. The lowest BCUT2D eigenvalue weighted by Gasteiger charge is -2.22. The van der Waals surface area contributed by atoms with E-state index in [1.165, 1.54) is 42.9 Å². The van der Waals surface area contributed by atoms with Crippen molar-refractivity contribution in [3.05, 3.63) is 62.9 Å². The van der Waals surface area contributed by atoms with E-state index in [2.05, 4.69) is 20.4 Å². The number of H-pyrrole nitrogens is 1. The fourth-order valence-electron chi connectivity index (χ4n) is 3.91. The Labute approximate surface area is 162 Å². The molecule has 1 aromatic carbocycles. The number of aromatic amines is 1. The van der Waals surface area contributed by atoms with Gasteiger partial charge in [0.25, 0.3) is 11.1 Å². The number of hydrogen-bond donors (Lipinski definition) is 2. The quantitative estimate of drug-likeness (QED) is 0.711. The van der Waals surface area contributed by atoms with Crippen molar-refractivity contribution < 1.29 is 0 Å². The highest BCUT2D eigenvalue weighted by Gasteiger charge is 2.17.